The summed E-state index contributed by atoms with van der Waals surface area (Å²) in [5, 5.41) is 12.0. The van der Waals surface area contributed by atoms with Crippen molar-refractivity contribution in [1.29, 1.82) is 0 Å². The second-order valence-electron chi connectivity index (χ2n) is 5.50. The largest absolute Gasteiger partial charge is 0.395 e. The van der Waals surface area contributed by atoms with Crippen LogP contribution in [0.4, 0.5) is 0 Å². The third-order valence-corrected chi connectivity index (χ3v) is 2.70. The van der Waals surface area contributed by atoms with Crippen LogP contribution in [0.1, 0.15) is 27.2 Å². The summed E-state index contributed by atoms with van der Waals surface area (Å²) in [5.41, 5.74) is -0.451. The van der Waals surface area contributed by atoms with Crippen molar-refractivity contribution in [3.63, 3.8) is 0 Å². The molecule has 0 aliphatic carbocycles. The molecule has 1 saturated heterocycles. The van der Waals surface area contributed by atoms with Gasteiger partial charge in [-0.15, -0.1) is 0 Å². The Morgan fingerprint density at radius 2 is 2.07 bits per heavy atom. The number of aliphatic hydroxyl groups is 1. The molecule has 0 unspecified atom stereocenters. The van der Waals surface area contributed by atoms with Crippen LogP contribution in [0.3, 0.4) is 0 Å². The van der Waals surface area contributed by atoms with Gasteiger partial charge in [0, 0.05) is 6.54 Å². The zero-order chi connectivity index (χ0) is 11.5. The number of nitrogens with one attached hydrogen (secondary N) is 1. The molecule has 4 heteroatoms. The van der Waals surface area contributed by atoms with Crippen LogP contribution in [-0.2, 0) is 9.53 Å². The summed E-state index contributed by atoms with van der Waals surface area (Å²) in [6.07, 6.45) is 0.932. The van der Waals surface area contributed by atoms with E-state index >= 15 is 0 Å². The summed E-state index contributed by atoms with van der Waals surface area (Å²) in [6.45, 7) is 7.60. The molecule has 0 spiro atoms. The number of ether oxygens (including phenoxy) is 1. The summed E-state index contributed by atoms with van der Waals surface area (Å²) in [5.74, 6) is -0.0829. The first-order chi connectivity index (χ1) is 6.90. The predicted molar refractivity (Wildman–Crippen MR) is 57.4 cm³/mol. The van der Waals surface area contributed by atoms with Gasteiger partial charge < -0.3 is 15.2 Å². The number of carbonyl (C=O) groups is 1. The first-order valence-electron chi connectivity index (χ1n) is 5.37. The molecule has 1 aliphatic heterocycles. The number of rotatable bonds is 4. The normalized spacial score (nSPS) is 19.5. The highest BCUT2D eigenvalue weighted by molar-refractivity contribution is 5.83. The van der Waals surface area contributed by atoms with E-state index in [2.05, 4.69) is 26.1 Å². The predicted octanol–water partition coefficient (Wildman–Crippen LogP) is 0.548. The number of carbonyl (C=O) groups excluding carboxylic acids is 1. The Bertz CT molecular complexity index is 223. The van der Waals surface area contributed by atoms with Crippen LogP contribution in [-0.4, -0.2) is 37.4 Å². The second kappa shape index (κ2) is 4.49. The quantitative estimate of drug-likeness (QED) is 0.720. The van der Waals surface area contributed by atoms with Gasteiger partial charge in [-0.05, 0) is 11.8 Å². The van der Waals surface area contributed by atoms with E-state index in [4.69, 9.17) is 9.84 Å². The number of hydrogen-bond donors (Lipinski definition) is 2. The summed E-state index contributed by atoms with van der Waals surface area (Å²) < 4.78 is 4.98. The molecule has 1 amide bonds. The molecule has 1 heterocycles. The van der Waals surface area contributed by atoms with Gasteiger partial charge in [0.1, 0.15) is 5.41 Å². The zero-order valence-corrected chi connectivity index (χ0v) is 9.80. The highest BCUT2D eigenvalue weighted by Gasteiger charge is 2.45. The van der Waals surface area contributed by atoms with Crippen LogP contribution in [0.5, 0.6) is 0 Å². The van der Waals surface area contributed by atoms with Crippen molar-refractivity contribution in [3.8, 4) is 0 Å². The number of amides is 1. The van der Waals surface area contributed by atoms with Crippen molar-refractivity contribution in [3.05, 3.63) is 0 Å². The maximum Gasteiger partial charge on any atom is 0.233 e. The summed E-state index contributed by atoms with van der Waals surface area (Å²) in [4.78, 5) is 11.7. The van der Waals surface area contributed by atoms with Crippen LogP contribution in [0.25, 0.3) is 0 Å². The lowest BCUT2D eigenvalue weighted by molar-refractivity contribution is -0.170. The Labute approximate surface area is 91.0 Å². The average molecular weight is 215 g/mol. The Morgan fingerprint density at radius 1 is 1.47 bits per heavy atom. The van der Waals surface area contributed by atoms with Gasteiger partial charge in [0.25, 0.3) is 0 Å². The maximum atomic E-state index is 11.7. The maximum absolute atomic E-state index is 11.7. The van der Waals surface area contributed by atoms with Crippen molar-refractivity contribution in [2.75, 3.05) is 26.4 Å². The molecule has 0 bridgehead atoms. The standard InChI is InChI=1S/C11H21NO3/c1-10(2,3)4-5-12-9(14)11(6-13)7-15-8-11/h13H,4-8H2,1-3H3,(H,12,14). The minimum atomic E-state index is -0.669. The first kappa shape index (κ1) is 12.5. The van der Waals surface area contributed by atoms with Crippen LogP contribution in [0.2, 0.25) is 0 Å². The molecule has 1 aliphatic rings. The lowest BCUT2D eigenvalue weighted by Gasteiger charge is -2.38. The molecular weight excluding hydrogens is 194 g/mol. The molecule has 0 aromatic rings. The van der Waals surface area contributed by atoms with Gasteiger partial charge >= 0.3 is 0 Å². The van der Waals surface area contributed by atoms with Gasteiger partial charge in [0.2, 0.25) is 5.91 Å². The van der Waals surface area contributed by atoms with E-state index in [1.807, 2.05) is 0 Å². The van der Waals surface area contributed by atoms with Crippen molar-refractivity contribution < 1.29 is 14.6 Å². The fourth-order valence-electron chi connectivity index (χ4n) is 1.38. The van der Waals surface area contributed by atoms with E-state index in [-0.39, 0.29) is 17.9 Å². The third kappa shape index (κ3) is 3.18. The highest BCUT2D eigenvalue weighted by atomic mass is 16.5. The molecular formula is C11H21NO3. The minimum Gasteiger partial charge on any atom is -0.395 e. The molecule has 0 atom stereocenters. The summed E-state index contributed by atoms with van der Waals surface area (Å²) in [6, 6.07) is 0. The van der Waals surface area contributed by atoms with Gasteiger partial charge in [-0.2, -0.15) is 0 Å². The molecule has 1 rings (SSSR count). The SMILES string of the molecule is CC(C)(C)CCNC(=O)C1(CO)COC1. The van der Waals surface area contributed by atoms with Gasteiger partial charge in [-0.25, -0.2) is 0 Å². The zero-order valence-electron chi connectivity index (χ0n) is 9.80. The van der Waals surface area contributed by atoms with Gasteiger partial charge in [-0.3, -0.25) is 4.79 Å². The van der Waals surface area contributed by atoms with E-state index in [0.717, 1.165) is 6.42 Å². The lowest BCUT2D eigenvalue weighted by Crippen LogP contribution is -2.56. The molecule has 0 radical (unpaired) electrons. The average Bonchev–Trinajstić information content (AvgIpc) is 2.00. The van der Waals surface area contributed by atoms with Gasteiger partial charge in [0.05, 0.1) is 19.8 Å². The molecule has 0 saturated carbocycles. The fourth-order valence-corrected chi connectivity index (χ4v) is 1.38. The molecule has 88 valence electrons. The molecule has 0 aromatic heterocycles. The van der Waals surface area contributed by atoms with Crippen LogP contribution in [0.15, 0.2) is 0 Å². The Kier molecular flexibility index (Phi) is 3.73. The van der Waals surface area contributed by atoms with E-state index in [1.165, 1.54) is 0 Å². The summed E-state index contributed by atoms with van der Waals surface area (Å²) >= 11 is 0. The monoisotopic (exact) mass is 215 g/mol. The van der Waals surface area contributed by atoms with Crippen LogP contribution >= 0.6 is 0 Å². The first-order valence-corrected chi connectivity index (χ1v) is 5.37. The van der Waals surface area contributed by atoms with Crippen molar-refractivity contribution in [1.82, 2.24) is 5.32 Å². The van der Waals surface area contributed by atoms with Crippen molar-refractivity contribution >= 4 is 5.91 Å². The lowest BCUT2D eigenvalue weighted by atomic mass is 9.85. The molecule has 0 aromatic carbocycles. The molecule has 15 heavy (non-hydrogen) atoms. The Balaban J connectivity index is 2.30. The fraction of sp³-hybridized carbons (Fsp3) is 0.909. The van der Waals surface area contributed by atoms with Gasteiger partial charge in [0.15, 0.2) is 0 Å². The van der Waals surface area contributed by atoms with Crippen LogP contribution < -0.4 is 5.32 Å². The molecule has 4 nitrogen and oxygen atoms in total. The van der Waals surface area contributed by atoms with E-state index in [9.17, 15) is 4.79 Å². The van der Waals surface area contributed by atoms with Gasteiger partial charge in [-0.1, -0.05) is 20.8 Å². The smallest absolute Gasteiger partial charge is 0.233 e. The van der Waals surface area contributed by atoms with E-state index in [0.29, 0.717) is 19.8 Å². The highest BCUT2D eigenvalue weighted by Crippen LogP contribution is 2.27. The molecule has 1 fully saturated rings. The second-order valence-corrected chi connectivity index (χ2v) is 5.50. The molecule has 2 N–H and O–H groups in total. The minimum absolute atomic E-state index is 0.0829. The Morgan fingerprint density at radius 3 is 2.40 bits per heavy atom. The van der Waals surface area contributed by atoms with Crippen LogP contribution in [0, 0.1) is 10.8 Å². The third-order valence-electron chi connectivity index (χ3n) is 2.70. The summed E-state index contributed by atoms with van der Waals surface area (Å²) in [7, 11) is 0. The topological polar surface area (TPSA) is 58.6 Å². The van der Waals surface area contributed by atoms with E-state index in [1.54, 1.807) is 0 Å². The van der Waals surface area contributed by atoms with E-state index < -0.39 is 5.41 Å². The van der Waals surface area contributed by atoms with Crippen molar-refractivity contribution in [2.24, 2.45) is 10.8 Å². The van der Waals surface area contributed by atoms with Crippen molar-refractivity contribution in [2.45, 2.75) is 27.2 Å². The number of hydrogen-bond acceptors (Lipinski definition) is 3. The number of aliphatic hydroxyl groups excluding tert-OH is 1. The Hall–Kier alpha value is -0.610.